The molecule has 0 atom stereocenters. The Balaban J connectivity index is 2.97. The first-order chi connectivity index (χ1) is 6.20. The van der Waals surface area contributed by atoms with Crippen LogP contribution in [0.1, 0.15) is 11.4 Å². The summed E-state index contributed by atoms with van der Waals surface area (Å²) in [6, 6.07) is 4.09. The van der Waals surface area contributed by atoms with Crippen molar-refractivity contribution in [3.63, 3.8) is 0 Å². The maximum Gasteiger partial charge on any atom is 0.134 e. The molecule has 13 heavy (non-hydrogen) atoms. The molecule has 0 saturated heterocycles. The van der Waals surface area contributed by atoms with Crippen LogP contribution in [0.4, 0.5) is 0 Å². The van der Waals surface area contributed by atoms with E-state index in [1.165, 1.54) is 0 Å². The first kappa shape index (κ1) is 10.3. The zero-order chi connectivity index (χ0) is 9.84. The van der Waals surface area contributed by atoms with Crippen molar-refractivity contribution in [1.82, 2.24) is 4.57 Å². The number of aromatic nitrogens is 1. The molecule has 0 aliphatic carbocycles. The van der Waals surface area contributed by atoms with Crippen molar-refractivity contribution in [2.45, 2.75) is 13.5 Å². The van der Waals surface area contributed by atoms with E-state index in [4.69, 9.17) is 10.00 Å². The Kier molecular flexibility index (Phi) is 3.52. The summed E-state index contributed by atoms with van der Waals surface area (Å²) >= 11 is 3.34. The summed E-state index contributed by atoms with van der Waals surface area (Å²) in [5, 5.41) is 8.87. The lowest BCUT2D eigenvalue weighted by Gasteiger charge is -2.06. The van der Waals surface area contributed by atoms with Gasteiger partial charge in [0.2, 0.25) is 0 Å². The molecule has 0 radical (unpaired) electrons. The third-order valence-electron chi connectivity index (χ3n) is 1.88. The van der Waals surface area contributed by atoms with Crippen LogP contribution in [0, 0.1) is 18.3 Å². The topological polar surface area (TPSA) is 38.0 Å². The third-order valence-corrected chi connectivity index (χ3v) is 2.49. The van der Waals surface area contributed by atoms with Gasteiger partial charge >= 0.3 is 0 Å². The van der Waals surface area contributed by atoms with E-state index in [2.05, 4.69) is 22.0 Å². The van der Waals surface area contributed by atoms with E-state index in [9.17, 15) is 0 Å². The van der Waals surface area contributed by atoms with Crippen LogP contribution >= 0.6 is 15.9 Å². The standard InChI is InChI=1S/C9H11BrN2O/c1-7-5-8(10)9(6-11)12(7)3-4-13-2/h5H,3-4H2,1-2H3. The largest absolute Gasteiger partial charge is 0.383 e. The first-order valence-electron chi connectivity index (χ1n) is 3.95. The number of rotatable bonds is 3. The molecule has 1 rings (SSSR count). The van der Waals surface area contributed by atoms with Gasteiger partial charge < -0.3 is 9.30 Å². The van der Waals surface area contributed by atoms with Gasteiger partial charge in [-0.05, 0) is 28.9 Å². The van der Waals surface area contributed by atoms with E-state index in [0.29, 0.717) is 12.3 Å². The van der Waals surface area contributed by atoms with E-state index >= 15 is 0 Å². The number of hydrogen-bond donors (Lipinski definition) is 0. The van der Waals surface area contributed by atoms with E-state index in [1.807, 2.05) is 17.6 Å². The maximum atomic E-state index is 8.87. The Hall–Kier alpha value is -0.790. The van der Waals surface area contributed by atoms with Crippen molar-refractivity contribution in [2.75, 3.05) is 13.7 Å². The SMILES string of the molecule is COCCn1c(C)cc(Br)c1C#N. The molecule has 0 N–H and O–H groups in total. The molecule has 0 saturated carbocycles. The van der Waals surface area contributed by atoms with Gasteiger partial charge in [-0.1, -0.05) is 0 Å². The summed E-state index contributed by atoms with van der Waals surface area (Å²) in [7, 11) is 1.65. The molecular weight excluding hydrogens is 232 g/mol. The maximum absolute atomic E-state index is 8.87. The summed E-state index contributed by atoms with van der Waals surface area (Å²) in [4.78, 5) is 0. The van der Waals surface area contributed by atoms with Crippen LogP contribution in [0.3, 0.4) is 0 Å². The number of ether oxygens (including phenoxy) is 1. The second kappa shape index (κ2) is 4.45. The highest BCUT2D eigenvalue weighted by molar-refractivity contribution is 9.10. The number of nitrogens with zero attached hydrogens (tertiary/aromatic N) is 2. The zero-order valence-electron chi connectivity index (χ0n) is 7.67. The molecule has 0 aromatic carbocycles. The molecule has 1 aromatic heterocycles. The number of methoxy groups -OCH3 is 1. The number of nitriles is 1. The van der Waals surface area contributed by atoms with Crippen molar-refractivity contribution >= 4 is 15.9 Å². The average Bonchev–Trinajstić information content (AvgIpc) is 2.37. The summed E-state index contributed by atoms with van der Waals surface area (Å²) in [6.45, 7) is 3.31. The van der Waals surface area contributed by atoms with Crippen LogP contribution in [0.2, 0.25) is 0 Å². The minimum Gasteiger partial charge on any atom is -0.383 e. The van der Waals surface area contributed by atoms with E-state index < -0.39 is 0 Å². The van der Waals surface area contributed by atoms with Gasteiger partial charge in [-0.2, -0.15) is 5.26 Å². The van der Waals surface area contributed by atoms with Gasteiger partial charge in [0.1, 0.15) is 11.8 Å². The number of halogens is 1. The lowest BCUT2D eigenvalue weighted by atomic mass is 10.4. The van der Waals surface area contributed by atoms with Crippen molar-refractivity contribution in [3.05, 3.63) is 21.9 Å². The van der Waals surface area contributed by atoms with Crippen LogP contribution in [-0.4, -0.2) is 18.3 Å². The third kappa shape index (κ3) is 2.11. The minimum atomic E-state index is 0.622. The highest BCUT2D eigenvalue weighted by atomic mass is 79.9. The molecule has 0 aliphatic rings. The first-order valence-corrected chi connectivity index (χ1v) is 4.74. The Bertz CT molecular complexity index is 338. The van der Waals surface area contributed by atoms with Gasteiger partial charge in [0, 0.05) is 19.3 Å². The second-order valence-electron chi connectivity index (χ2n) is 2.74. The lowest BCUT2D eigenvalue weighted by molar-refractivity contribution is 0.186. The Morgan fingerprint density at radius 3 is 2.92 bits per heavy atom. The van der Waals surface area contributed by atoms with E-state index in [0.717, 1.165) is 16.7 Å². The molecule has 0 spiro atoms. The zero-order valence-corrected chi connectivity index (χ0v) is 9.26. The van der Waals surface area contributed by atoms with Gasteiger partial charge in [-0.25, -0.2) is 0 Å². The smallest absolute Gasteiger partial charge is 0.134 e. The molecule has 70 valence electrons. The van der Waals surface area contributed by atoms with Gasteiger partial charge in [-0.15, -0.1) is 0 Å². The van der Waals surface area contributed by atoms with Crippen molar-refractivity contribution in [2.24, 2.45) is 0 Å². The van der Waals surface area contributed by atoms with E-state index in [1.54, 1.807) is 7.11 Å². The van der Waals surface area contributed by atoms with Gasteiger partial charge in [-0.3, -0.25) is 0 Å². The normalized spacial score (nSPS) is 10.0. The number of hydrogen-bond acceptors (Lipinski definition) is 2. The summed E-state index contributed by atoms with van der Waals surface area (Å²) in [6.07, 6.45) is 0. The van der Waals surface area contributed by atoms with Crippen LogP contribution < -0.4 is 0 Å². The number of aryl methyl sites for hydroxylation is 1. The van der Waals surface area contributed by atoms with Crippen LogP contribution in [0.5, 0.6) is 0 Å². The monoisotopic (exact) mass is 242 g/mol. The minimum absolute atomic E-state index is 0.622. The Labute approximate surface area is 86.0 Å². The molecule has 1 aromatic rings. The molecule has 0 bridgehead atoms. The molecule has 0 aliphatic heterocycles. The van der Waals surface area contributed by atoms with Crippen LogP contribution in [-0.2, 0) is 11.3 Å². The van der Waals surface area contributed by atoms with Crippen molar-refractivity contribution in [3.8, 4) is 6.07 Å². The molecule has 0 amide bonds. The van der Waals surface area contributed by atoms with Crippen molar-refractivity contribution < 1.29 is 4.74 Å². The van der Waals surface area contributed by atoms with Gasteiger partial charge in [0.15, 0.2) is 0 Å². The highest BCUT2D eigenvalue weighted by Gasteiger charge is 2.09. The molecule has 3 nitrogen and oxygen atoms in total. The lowest BCUT2D eigenvalue weighted by Crippen LogP contribution is -2.07. The summed E-state index contributed by atoms with van der Waals surface area (Å²) in [5.41, 5.74) is 1.73. The summed E-state index contributed by atoms with van der Waals surface area (Å²) in [5.74, 6) is 0. The van der Waals surface area contributed by atoms with Crippen molar-refractivity contribution in [1.29, 1.82) is 5.26 Å². The molecule has 0 fully saturated rings. The molecule has 1 heterocycles. The van der Waals surface area contributed by atoms with E-state index in [-0.39, 0.29) is 0 Å². The van der Waals surface area contributed by atoms with Gasteiger partial charge in [0.05, 0.1) is 11.1 Å². The predicted octanol–water partition coefficient (Wildman–Crippen LogP) is 2.08. The predicted molar refractivity (Wildman–Crippen MR) is 53.5 cm³/mol. The fraction of sp³-hybridized carbons (Fsp3) is 0.444. The quantitative estimate of drug-likeness (QED) is 0.815. The Morgan fingerprint density at radius 1 is 1.69 bits per heavy atom. The molecule has 0 unspecified atom stereocenters. The summed E-state index contributed by atoms with van der Waals surface area (Å²) < 4.78 is 7.75. The average molecular weight is 243 g/mol. The highest BCUT2D eigenvalue weighted by Crippen LogP contribution is 2.20. The van der Waals surface area contributed by atoms with Gasteiger partial charge in [0.25, 0.3) is 0 Å². The molecular formula is C9H11BrN2O. The van der Waals surface area contributed by atoms with Crippen LogP contribution in [0.15, 0.2) is 10.5 Å². The second-order valence-corrected chi connectivity index (χ2v) is 3.59. The fourth-order valence-corrected chi connectivity index (χ4v) is 1.85. The molecule has 4 heteroatoms. The Morgan fingerprint density at radius 2 is 2.38 bits per heavy atom. The fourth-order valence-electron chi connectivity index (χ4n) is 1.22. The van der Waals surface area contributed by atoms with Crippen LogP contribution in [0.25, 0.3) is 0 Å².